The van der Waals surface area contributed by atoms with Gasteiger partial charge in [0.05, 0.1) is 4.90 Å². The summed E-state index contributed by atoms with van der Waals surface area (Å²) in [5, 5.41) is 2.77. The van der Waals surface area contributed by atoms with Gasteiger partial charge in [-0.3, -0.25) is 4.79 Å². The molecular formula is C14H23N3O3S. The van der Waals surface area contributed by atoms with E-state index in [2.05, 4.69) is 10.0 Å². The standard InChI is InChI=1S/C14H23N3O3S/c1-14(2,3)17-13(18)8-9-16-21(19,20)12-6-4-11(10-15)5-7-12/h4-7,16H,8-10,15H2,1-3H3,(H,17,18). The van der Waals surface area contributed by atoms with E-state index in [0.29, 0.717) is 6.54 Å². The Morgan fingerprint density at radius 2 is 1.76 bits per heavy atom. The van der Waals surface area contributed by atoms with Gasteiger partial charge in [0, 0.05) is 25.0 Å². The van der Waals surface area contributed by atoms with Crippen LogP contribution in [0, 0.1) is 0 Å². The van der Waals surface area contributed by atoms with Gasteiger partial charge < -0.3 is 11.1 Å². The highest BCUT2D eigenvalue weighted by atomic mass is 32.2. The maximum atomic E-state index is 12.0. The molecule has 0 bridgehead atoms. The molecule has 0 aromatic heterocycles. The van der Waals surface area contributed by atoms with E-state index in [1.165, 1.54) is 12.1 Å². The van der Waals surface area contributed by atoms with Gasteiger partial charge in [-0.2, -0.15) is 0 Å². The smallest absolute Gasteiger partial charge is 0.240 e. The SMILES string of the molecule is CC(C)(C)NC(=O)CCNS(=O)(=O)c1ccc(CN)cc1. The van der Waals surface area contributed by atoms with Crippen LogP contribution in [-0.4, -0.2) is 26.4 Å². The lowest BCUT2D eigenvalue weighted by Gasteiger charge is -2.20. The highest BCUT2D eigenvalue weighted by Gasteiger charge is 2.16. The van der Waals surface area contributed by atoms with Crippen LogP contribution in [0.3, 0.4) is 0 Å². The number of sulfonamides is 1. The number of nitrogens with one attached hydrogen (secondary N) is 2. The molecule has 0 heterocycles. The van der Waals surface area contributed by atoms with Gasteiger partial charge in [0.2, 0.25) is 15.9 Å². The van der Waals surface area contributed by atoms with E-state index < -0.39 is 10.0 Å². The van der Waals surface area contributed by atoms with Crippen molar-refractivity contribution in [3.8, 4) is 0 Å². The van der Waals surface area contributed by atoms with Crippen LogP contribution < -0.4 is 15.8 Å². The summed E-state index contributed by atoms with van der Waals surface area (Å²) >= 11 is 0. The molecule has 21 heavy (non-hydrogen) atoms. The van der Waals surface area contributed by atoms with Gasteiger partial charge >= 0.3 is 0 Å². The summed E-state index contributed by atoms with van der Waals surface area (Å²) < 4.78 is 26.5. The summed E-state index contributed by atoms with van der Waals surface area (Å²) in [6, 6.07) is 6.33. The molecule has 1 aromatic carbocycles. The molecular weight excluding hydrogens is 290 g/mol. The molecule has 0 saturated carbocycles. The minimum atomic E-state index is -3.60. The summed E-state index contributed by atoms with van der Waals surface area (Å²) in [6.07, 6.45) is 0.0946. The van der Waals surface area contributed by atoms with Gasteiger partial charge in [-0.05, 0) is 38.5 Å². The minimum Gasteiger partial charge on any atom is -0.351 e. The Labute approximate surface area is 126 Å². The molecule has 7 heteroatoms. The van der Waals surface area contributed by atoms with E-state index in [1.54, 1.807) is 12.1 Å². The molecule has 1 rings (SSSR count). The first-order valence-electron chi connectivity index (χ1n) is 6.74. The Kier molecular flexibility index (Phi) is 5.88. The molecule has 0 aliphatic heterocycles. The Morgan fingerprint density at radius 1 is 1.19 bits per heavy atom. The van der Waals surface area contributed by atoms with Crippen molar-refractivity contribution < 1.29 is 13.2 Å². The van der Waals surface area contributed by atoms with Gasteiger partial charge in [-0.1, -0.05) is 12.1 Å². The van der Waals surface area contributed by atoms with Crippen molar-refractivity contribution in [2.45, 2.75) is 44.2 Å². The maximum absolute atomic E-state index is 12.0. The average molecular weight is 313 g/mol. The molecule has 1 aromatic rings. The van der Waals surface area contributed by atoms with Crippen molar-refractivity contribution in [2.24, 2.45) is 5.73 Å². The molecule has 0 saturated heterocycles. The number of carbonyl (C=O) groups excluding carboxylic acids is 1. The topological polar surface area (TPSA) is 101 Å². The fourth-order valence-electron chi connectivity index (χ4n) is 1.67. The van der Waals surface area contributed by atoms with Crippen LogP contribution in [-0.2, 0) is 21.4 Å². The highest BCUT2D eigenvalue weighted by molar-refractivity contribution is 7.89. The molecule has 0 atom stereocenters. The van der Waals surface area contributed by atoms with Crippen LogP contribution in [0.15, 0.2) is 29.2 Å². The normalized spacial score (nSPS) is 12.2. The van der Waals surface area contributed by atoms with Gasteiger partial charge in [-0.15, -0.1) is 0 Å². The summed E-state index contributed by atoms with van der Waals surface area (Å²) in [4.78, 5) is 11.8. The van der Waals surface area contributed by atoms with E-state index in [-0.39, 0.29) is 29.3 Å². The molecule has 0 spiro atoms. The molecule has 4 N–H and O–H groups in total. The van der Waals surface area contributed by atoms with Crippen LogP contribution in [0.2, 0.25) is 0 Å². The fourth-order valence-corrected chi connectivity index (χ4v) is 2.70. The van der Waals surface area contributed by atoms with Crippen LogP contribution in [0.5, 0.6) is 0 Å². The lowest BCUT2D eigenvalue weighted by Crippen LogP contribution is -2.41. The number of hydrogen-bond acceptors (Lipinski definition) is 4. The van der Waals surface area contributed by atoms with Gasteiger partial charge in [0.1, 0.15) is 0 Å². The fraction of sp³-hybridized carbons (Fsp3) is 0.500. The van der Waals surface area contributed by atoms with Crippen LogP contribution in [0.25, 0.3) is 0 Å². The van der Waals surface area contributed by atoms with E-state index in [1.807, 2.05) is 20.8 Å². The third kappa shape index (κ3) is 6.24. The second-order valence-electron chi connectivity index (χ2n) is 5.79. The third-order valence-corrected chi connectivity index (χ3v) is 4.10. The number of benzene rings is 1. The molecule has 0 aliphatic rings. The predicted octanol–water partition coefficient (Wildman–Crippen LogP) is 0.728. The first-order valence-corrected chi connectivity index (χ1v) is 8.22. The van der Waals surface area contributed by atoms with E-state index >= 15 is 0 Å². The first kappa shape index (κ1) is 17.6. The van der Waals surface area contributed by atoms with Crippen molar-refractivity contribution in [1.82, 2.24) is 10.0 Å². The summed E-state index contributed by atoms with van der Waals surface area (Å²) in [5.74, 6) is -0.191. The summed E-state index contributed by atoms with van der Waals surface area (Å²) in [5.41, 5.74) is 6.00. The van der Waals surface area contributed by atoms with Crippen molar-refractivity contribution >= 4 is 15.9 Å². The Bertz CT molecular complexity index is 574. The summed E-state index contributed by atoms with van der Waals surface area (Å²) in [7, 11) is -3.60. The predicted molar refractivity (Wildman–Crippen MR) is 82.0 cm³/mol. The quantitative estimate of drug-likeness (QED) is 0.720. The molecule has 0 unspecified atom stereocenters. The molecule has 0 fully saturated rings. The minimum absolute atomic E-state index is 0.0584. The third-order valence-electron chi connectivity index (χ3n) is 2.63. The van der Waals surface area contributed by atoms with Crippen LogP contribution in [0.4, 0.5) is 0 Å². The second kappa shape index (κ2) is 7.02. The molecule has 1 amide bonds. The van der Waals surface area contributed by atoms with Crippen LogP contribution in [0.1, 0.15) is 32.8 Å². The van der Waals surface area contributed by atoms with Crippen molar-refractivity contribution in [2.75, 3.05) is 6.54 Å². The van der Waals surface area contributed by atoms with Gasteiger partial charge in [0.15, 0.2) is 0 Å². The number of hydrogen-bond donors (Lipinski definition) is 3. The van der Waals surface area contributed by atoms with Crippen molar-refractivity contribution in [1.29, 1.82) is 0 Å². The lowest BCUT2D eigenvalue weighted by molar-refractivity contribution is -0.122. The van der Waals surface area contributed by atoms with Gasteiger partial charge in [-0.25, -0.2) is 13.1 Å². The zero-order valence-electron chi connectivity index (χ0n) is 12.6. The Hall–Kier alpha value is -1.44. The monoisotopic (exact) mass is 313 g/mol. The number of amides is 1. The molecule has 0 aliphatic carbocycles. The molecule has 118 valence electrons. The second-order valence-corrected chi connectivity index (χ2v) is 7.56. The Balaban J connectivity index is 2.55. The average Bonchev–Trinajstić information content (AvgIpc) is 2.36. The summed E-state index contributed by atoms with van der Waals surface area (Å²) in [6.45, 7) is 6.03. The number of rotatable bonds is 6. The van der Waals surface area contributed by atoms with Crippen molar-refractivity contribution in [3.63, 3.8) is 0 Å². The lowest BCUT2D eigenvalue weighted by atomic mass is 10.1. The van der Waals surface area contributed by atoms with Gasteiger partial charge in [0.25, 0.3) is 0 Å². The van der Waals surface area contributed by atoms with Crippen molar-refractivity contribution in [3.05, 3.63) is 29.8 Å². The van der Waals surface area contributed by atoms with E-state index in [4.69, 9.17) is 5.73 Å². The zero-order chi connectivity index (χ0) is 16.1. The number of nitrogens with two attached hydrogens (primary N) is 1. The van der Waals surface area contributed by atoms with E-state index in [9.17, 15) is 13.2 Å². The number of carbonyl (C=O) groups is 1. The largest absolute Gasteiger partial charge is 0.351 e. The zero-order valence-corrected chi connectivity index (χ0v) is 13.5. The molecule has 0 radical (unpaired) electrons. The van der Waals surface area contributed by atoms with Crippen LogP contribution >= 0.6 is 0 Å². The Morgan fingerprint density at radius 3 is 2.24 bits per heavy atom. The highest BCUT2D eigenvalue weighted by Crippen LogP contribution is 2.10. The van der Waals surface area contributed by atoms with E-state index in [0.717, 1.165) is 5.56 Å². The first-order chi connectivity index (χ1) is 9.64. The maximum Gasteiger partial charge on any atom is 0.240 e. The molecule has 6 nitrogen and oxygen atoms in total.